The third kappa shape index (κ3) is 5.48. The number of halogens is 2. The Morgan fingerprint density at radius 3 is 2.71 bits per heavy atom. The number of thiazole rings is 1. The van der Waals surface area contributed by atoms with Crippen LogP contribution in [0.1, 0.15) is 17.7 Å². The summed E-state index contributed by atoms with van der Waals surface area (Å²) in [5, 5.41) is 16.6. The number of rotatable bonds is 7. The zero-order chi connectivity index (χ0) is 24.5. The lowest BCUT2D eigenvalue weighted by Crippen LogP contribution is -2.55. The summed E-state index contributed by atoms with van der Waals surface area (Å²) in [4.78, 5) is 9.02. The van der Waals surface area contributed by atoms with Gasteiger partial charge in [-0.25, -0.2) is 4.98 Å². The van der Waals surface area contributed by atoms with Crippen LogP contribution >= 0.6 is 34.5 Å². The van der Waals surface area contributed by atoms with E-state index in [1.807, 2.05) is 43.3 Å². The minimum absolute atomic E-state index is 0.434. The van der Waals surface area contributed by atoms with E-state index in [1.54, 1.807) is 24.3 Å². The van der Waals surface area contributed by atoms with Gasteiger partial charge in [0.1, 0.15) is 17.5 Å². The molecule has 1 fully saturated rings. The van der Waals surface area contributed by atoms with E-state index in [1.165, 1.54) is 0 Å². The van der Waals surface area contributed by atoms with Gasteiger partial charge in [0.05, 0.1) is 31.8 Å². The molecule has 0 spiro atoms. The van der Waals surface area contributed by atoms with E-state index >= 15 is 0 Å². The fraction of sp³-hybridized carbons (Fsp3) is 0.360. The van der Waals surface area contributed by atoms with E-state index in [0.717, 1.165) is 52.7 Å². The molecule has 2 aromatic heterocycles. The predicted molar refractivity (Wildman–Crippen MR) is 139 cm³/mol. The summed E-state index contributed by atoms with van der Waals surface area (Å²) in [6.07, 6.45) is -1.08. The summed E-state index contributed by atoms with van der Waals surface area (Å²) in [6.45, 7) is 7.53. The molecule has 0 bridgehead atoms. The number of piperazine rings is 1. The maximum Gasteiger partial charge on any atom is 0.178 e. The molecule has 1 unspecified atom stereocenters. The first kappa shape index (κ1) is 24.5. The molecule has 2 atom stereocenters. The second kappa shape index (κ2) is 10.4. The van der Waals surface area contributed by atoms with Crippen LogP contribution in [-0.4, -0.2) is 63.6 Å². The molecule has 7 nitrogen and oxygen atoms in total. The monoisotopic (exact) mass is 532 g/mol. The largest absolute Gasteiger partial charge is 0.472 e. The van der Waals surface area contributed by atoms with E-state index in [-0.39, 0.29) is 0 Å². The lowest BCUT2D eigenvalue weighted by Gasteiger charge is -2.39. The van der Waals surface area contributed by atoms with Crippen molar-refractivity contribution in [2.24, 2.45) is 0 Å². The molecule has 10 heteroatoms. The summed E-state index contributed by atoms with van der Waals surface area (Å²) in [5.74, 6) is 1.48. The van der Waals surface area contributed by atoms with Crippen LogP contribution in [0, 0.1) is 6.92 Å². The molecule has 4 aromatic rings. The third-order valence-electron chi connectivity index (χ3n) is 6.07. The minimum atomic E-state index is -0.645. The quantitative estimate of drug-likeness (QED) is 0.338. The number of hydrogen-bond acceptors (Lipinski definition) is 8. The maximum absolute atomic E-state index is 10.5. The van der Waals surface area contributed by atoms with Crippen LogP contribution in [0.15, 0.2) is 47.0 Å². The van der Waals surface area contributed by atoms with Crippen molar-refractivity contribution in [3.05, 3.63) is 63.3 Å². The summed E-state index contributed by atoms with van der Waals surface area (Å²) >= 11 is 14.1. The molecule has 0 saturated carbocycles. The van der Waals surface area contributed by atoms with Crippen molar-refractivity contribution in [1.82, 2.24) is 19.9 Å². The van der Waals surface area contributed by atoms with Crippen molar-refractivity contribution in [3.63, 3.8) is 0 Å². The SMILES string of the molecule is Cc1nc2cc(OC([C@@H](C)O)N3CCN(Cc4cc(-c5cccc(Cl)c5Cl)no4)CC3)ccc2s1. The van der Waals surface area contributed by atoms with Crippen LogP contribution in [-0.2, 0) is 6.54 Å². The highest BCUT2D eigenvalue weighted by Crippen LogP contribution is 2.33. The van der Waals surface area contributed by atoms with Gasteiger partial charge in [-0.3, -0.25) is 9.80 Å². The minimum Gasteiger partial charge on any atom is -0.472 e. The van der Waals surface area contributed by atoms with Gasteiger partial charge in [0.15, 0.2) is 12.0 Å². The fourth-order valence-electron chi connectivity index (χ4n) is 4.33. The fourth-order valence-corrected chi connectivity index (χ4v) is 5.53. The van der Waals surface area contributed by atoms with Crippen LogP contribution in [0.25, 0.3) is 21.5 Å². The molecule has 0 radical (unpaired) electrons. The normalized spacial score (nSPS) is 17.1. The smallest absolute Gasteiger partial charge is 0.178 e. The van der Waals surface area contributed by atoms with Crippen molar-refractivity contribution >= 4 is 44.8 Å². The Hall–Kier alpha value is -2.20. The number of aryl methyl sites for hydroxylation is 1. The molecule has 0 amide bonds. The Balaban J connectivity index is 1.20. The Morgan fingerprint density at radius 1 is 1.14 bits per heavy atom. The molecule has 1 aliphatic rings. The van der Waals surface area contributed by atoms with Gasteiger partial charge in [-0.1, -0.05) is 40.5 Å². The van der Waals surface area contributed by atoms with Crippen molar-refractivity contribution in [1.29, 1.82) is 0 Å². The van der Waals surface area contributed by atoms with Crippen LogP contribution in [0.3, 0.4) is 0 Å². The molecular weight excluding hydrogens is 507 g/mol. The van der Waals surface area contributed by atoms with Crippen LogP contribution in [0.4, 0.5) is 0 Å². The van der Waals surface area contributed by atoms with Crippen molar-refractivity contribution in [3.8, 4) is 17.0 Å². The summed E-state index contributed by atoms with van der Waals surface area (Å²) in [6, 6.07) is 13.3. The van der Waals surface area contributed by atoms with E-state index in [2.05, 4.69) is 19.9 Å². The van der Waals surface area contributed by atoms with Gasteiger partial charge < -0.3 is 14.4 Å². The number of hydrogen-bond donors (Lipinski definition) is 1. The summed E-state index contributed by atoms with van der Waals surface area (Å²) in [7, 11) is 0. The second-order valence-electron chi connectivity index (χ2n) is 8.70. The Morgan fingerprint density at radius 2 is 1.94 bits per heavy atom. The average molecular weight is 533 g/mol. The second-order valence-corrected chi connectivity index (χ2v) is 10.7. The van der Waals surface area contributed by atoms with E-state index in [4.69, 9.17) is 32.5 Å². The van der Waals surface area contributed by atoms with Crippen molar-refractivity contribution in [2.45, 2.75) is 32.7 Å². The number of benzene rings is 2. The van der Waals surface area contributed by atoms with Crippen LogP contribution < -0.4 is 4.74 Å². The number of aromatic nitrogens is 2. The first-order valence-electron chi connectivity index (χ1n) is 11.5. The molecule has 0 aliphatic carbocycles. The highest BCUT2D eigenvalue weighted by atomic mass is 35.5. The zero-order valence-electron chi connectivity index (χ0n) is 19.4. The van der Waals surface area contributed by atoms with Crippen molar-refractivity contribution in [2.75, 3.05) is 26.2 Å². The summed E-state index contributed by atoms with van der Waals surface area (Å²) < 4.78 is 12.9. The van der Waals surface area contributed by atoms with Crippen LogP contribution in [0.2, 0.25) is 10.0 Å². The molecule has 3 heterocycles. The number of aliphatic hydroxyl groups is 1. The molecular formula is C25H26Cl2N4O3S. The molecule has 1 N–H and O–H groups in total. The first-order valence-corrected chi connectivity index (χ1v) is 13.0. The lowest BCUT2D eigenvalue weighted by atomic mass is 10.1. The molecule has 1 saturated heterocycles. The maximum atomic E-state index is 10.5. The summed E-state index contributed by atoms with van der Waals surface area (Å²) in [5.41, 5.74) is 2.34. The van der Waals surface area contributed by atoms with E-state index < -0.39 is 12.3 Å². The number of fused-ring (bicyclic) bond motifs is 1. The number of ether oxygens (including phenoxy) is 1. The Bertz CT molecular complexity index is 1320. The first-order chi connectivity index (χ1) is 16.9. The predicted octanol–water partition coefficient (Wildman–Crippen LogP) is 5.47. The molecule has 1 aliphatic heterocycles. The standard InChI is InChI=1S/C25H26Cl2N4O3S/c1-15(32)25(33-17-6-7-23-22(12-17)28-16(2)35-23)31-10-8-30(9-11-31)14-18-13-21(29-34-18)19-4-3-5-20(26)24(19)27/h3-7,12-13,15,25,32H,8-11,14H2,1-2H3/t15-,25?/m1/s1. The van der Waals surface area contributed by atoms with Crippen LogP contribution in [0.5, 0.6) is 5.75 Å². The van der Waals surface area contributed by atoms with E-state index in [9.17, 15) is 5.11 Å². The van der Waals surface area contributed by atoms with Gasteiger partial charge in [0.2, 0.25) is 0 Å². The third-order valence-corrected chi connectivity index (χ3v) is 7.84. The molecule has 2 aromatic carbocycles. The average Bonchev–Trinajstić information content (AvgIpc) is 3.45. The van der Waals surface area contributed by atoms with Crippen molar-refractivity contribution < 1.29 is 14.4 Å². The van der Waals surface area contributed by atoms with Gasteiger partial charge >= 0.3 is 0 Å². The van der Waals surface area contributed by atoms with Gasteiger partial charge in [0, 0.05) is 43.9 Å². The van der Waals surface area contributed by atoms with Gasteiger partial charge in [-0.05, 0) is 32.0 Å². The Labute approximate surface area is 217 Å². The highest BCUT2D eigenvalue weighted by Gasteiger charge is 2.29. The van der Waals surface area contributed by atoms with Gasteiger partial charge in [-0.2, -0.15) is 0 Å². The number of aliphatic hydroxyl groups excluding tert-OH is 1. The number of nitrogens with zero attached hydrogens (tertiary/aromatic N) is 4. The molecule has 184 valence electrons. The zero-order valence-corrected chi connectivity index (χ0v) is 21.8. The molecule has 35 heavy (non-hydrogen) atoms. The van der Waals surface area contributed by atoms with E-state index in [0.29, 0.717) is 28.0 Å². The highest BCUT2D eigenvalue weighted by molar-refractivity contribution is 7.18. The van der Waals surface area contributed by atoms with Gasteiger partial charge in [-0.15, -0.1) is 11.3 Å². The topological polar surface area (TPSA) is 74.9 Å². The lowest BCUT2D eigenvalue weighted by molar-refractivity contribution is -0.0756. The Kier molecular flexibility index (Phi) is 7.29. The molecule has 5 rings (SSSR count). The van der Waals surface area contributed by atoms with Gasteiger partial charge in [0.25, 0.3) is 0 Å².